The van der Waals surface area contributed by atoms with Crippen LogP contribution in [0.15, 0.2) is 30.5 Å². The monoisotopic (exact) mass is 324 g/mol. The normalized spacial score (nSPS) is 19.3. The molecule has 4 rings (SSSR count). The van der Waals surface area contributed by atoms with Crippen LogP contribution in [0, 0.1) is 6.92 Å². The molecule has 1 fully saturated rings. The first-order valence-corrected chi connectivity index (χ1v) is 8.07. The van der Waals surface area contributed by atoms with E-state index >= 15 is 0 Å². The van der Waals surface area contributed by atoms with Crippen LogP contribution in [-0.2, 0) is 23.4 Å². The molecule has 1 spiro atoms. The van der Waals surface area contributed by atoms with E-state index in [0.717, 1.165) is 22.5 Å². The SMILES string of the molecule is Cc1ncc2c(n1)C1(CN(C)C1)C(=O)N(c1cccc(CO)c1)C2. The van der Waals surface area contributed by atoms with E-state index in [9.17, 15) is 9.90 Å². The zero-order valence-electron chi connectivity index (χ0n) is 13.9. The molecule has 24 heavy (non-hydrogen) atoms. The van der Waals surface area contributed by atoms with Crippen LogP contribution in [0.2, 0.25) is 0 Å². The molecule has 1 amide bonds. The van der Waals surface area contributed by atoms with Gasteiger partial charge < -0.3 is 14.9 Å². The van der Waals surface area contributed by atoms with E-state index in [1.165, 1.54) is 0 Å². The van der Waals surface area contributed by atoms with Crippen molar-refractivity contribution < 1.29 is 9.90 Å². The molecule has 1 aromatic heterocycles. The number of rotatable bonds is 2. The summed E-state index contributed by atoms with van der Waals surface area (Å²) in [6.07, 6.45) is 1.84. The summed E-state index contributed by atoms with van der Waals surface area (Å²) in [5.41, 5.74) is 2.92. The second-order valence-corrected chi connectivity index (χ2v) is 6.76. The summed E-state index contributed by atoms with van der Waals surface area (Å²) in [5, 5.41) is 9.38. The Bertz CT molecular complexity index is 814. The highest BCUT2D eigenvalue weighted by Crippen LogP contribution is 2.41. The van der Waals surface area contributed by atoms with Gasteiger partial charge in [0, 0.05) is 30.5 Å². The second kappa shape index (κ2) is 5.36. The molecule has 0 bridgehead atoms. The Morgan fingerprint density at radius 2 is 2.12 bits per heavy atom. The van der Waals surface area contributed by atoms with Crippen LogP contribution < -0.4 is 4.90 Å². The number of fused-ring (bicyclic) bond motifs is 2. The lowest BCUT2D eigenvalue weighted by Crippen LogP contribution is -2.68. The van der Waals surface area contributed by atoms with Crippen molar-refractivity contribution in [3.8, 4) is 0 Å². The third-order valence-electron chi connectivity index (χ3n) is 4.91. The Labute approximate surface area is 140 Å². The molecule has 2 aliphatic heterocycles. The van der Waals surface area contributed by atoms with Crippen LogP contribution in [0.3, 0.4) is 0 Å². The Hall–Kier alpha value is -2.31. The molecular weight excluding hydrogens is 304 g/mol. The molecule has 2 aromatic rings. The van der Waals surface area contributed by atoms with Crippen molar-refractivity contribution in [2.24, 2.45) is 0 Å². The fraction of sp³-hybridized carbons (Fsp3) is 0.389. The smallest absolute Gasteiger partial charge is 0.242 e. The number of hydrogen-bond donors (Lipinski definition) is 1. The van der Waals surface area contributed by atoms with Crippen molar-refractivity contribution in [3.63, 3.8) is 0 Å². The van der Waals surface area contributed by atoms with E-state index in [4.69, 9.17) is 0 Å². The Kier molecular flexibility index (Phi) is 3.40. The quantitative estimate of drug-likeness (QED) is 0.893. The van der Waals surface area contributed by atoms with E-state index in [-0.39, 0.29) is 12.5 Å². The minimum Gasteiger partial charge on any atom is -0.392 e. The molecule has 0 aliphatic carbocycles. The molecule has 0 unspecified atom stereocenters. The molecular formula is C18H20N4O2. The average molecular weight is 324 g/mol. The van der Waals surface area contributed by atoms with Crippen molar-refractivity contribution in [1.82, 2.24) is 14.9 Å². The number of amides is 1. The number of aryl methyl sites for hydroxylation is 1. The molecule has 0 radical (unpaired) electrons. The molecule has 0 atom stereocenters. The van der Waals surface area contributed by atoms with Gasteiger partial charge in [0.15, 0.2) is 0 Å². The fourth-order valence-corrected chi connectivity index (χ4v) is 3.82. The van der Waals surface area contributed by atoms with Gasteiger partial charge in [-0.15, -0.1) is 0 Å². The molecule has 1 saturated heterocycles. The Morgan fingerprint density at radius 1 is 1.33 bits per heavy atom. The topological polar surface area (TPSA) is 69.6 Å². The summed E-state index contributed by atoms with van der Waals surface area (Å²) < 4.78 is 0. The number of aliphatic hydroxyl groups is 1. The summed E-state index contributed by atoms with van der Waals surface area (Å²) in [4.78, 5) is 26.2. The predicted molar refractivity (Wildman–Crippen MR) is 89.5 cm³/mol. The number of anilines is 1. The van der Waals surface area contributed by atoms with Gasteiger partial charge in [-0.3, -0.25) is 4.79 Å². The lowest BCUT2D eigenvalue weighted by molar-refractivity contribution is -0.131. The Balaban J connectivity index is 1.82. The van der Waals surface area contributed by atoms with Crippen LogP contribution in [0.1, 0.15) is 22.6 Å². The van der Waals surface area contributed by atoms with Crippen LogP contribution >= 0.6 is 0 Å². The van der Waals surface area contributed by atoms with E-state index in [2.05, 4.69) is 14.9 Å². The minimum absolute atomic E-state index is 0.0390. The number of benzene rings is 1. The zero-order valence-corrected chi connectivity index (χ0v) is 13.9. The number of hydrogen-bond acceptors (Lipinski definition) is 5. The number of aliphatic hydroxyl groups excluding tert-OH is 1. The number of carbonyl (C=O) groups excluding carboxylic acids is 1. The van der Waals surface area contributed by atoms with E-state index in [0.29, 0.717) is 25.5 Å². The van der Waals surface area contributed by atoms with E-state index in [1.54, 1.807) is 4.90 Å². The standard InChI is InChI=1S/C18H20N4O2/c1-12-19-7-14-8-22(15-5-3-4-13(6-15)9-23)17(24)18(16(14)20-12)10-21(2)11-18/h3-7,23H,8-11H2,1-2H3. The predicted octanol–water partition coefficient (Wildman–Crippen LogP) is 1.01. The van der Waals surface area contributed by atoms with Gasteiger partial charge in [0.1, 0.15) is 11.2 Å². The highest BCUT2D eigenvalue weighted by atomic mass is 16.3. The van der Waals surface area contributed by atoms with Crippen molar-refractivity contribution in [1.29, 1.82) is 0 Å². The maximum atomic E-state index is 13.3. The second-order valence-electron chi connectivity index (χ2n) is 6.76. The molecule has 2 aliphatic rings. The number of aromatic nitrogens is 2. The molecule has 1 N–H and O–H groups in total. The first kappa shape index (κ1) is 15.2. The molecule has 0 saturated carbocycles. The van der Waals surface area contributed by atoms with Gasteiger partial charge in [-0.1, -0.05) is 12.1 Å². The first-order valence-electron chi connectivity index (χ1n) is 8.07. The van der Waals surface area contributed by atoms with E-state index in [1.807, 2.05) is 44.4 Å². The molecule has 124 valence electrons. The van der Waals surface area contributed by atoms with Crippen LogP contribution in [-0.4, -0.2) is 46.0 Å². The molecule has 6 nitrogen and oxygen atoms in total. The number of nitrogens with zero attached hydrogens (tertiary/aromatic N) is 4. The Morgan fingerprint density at radius 3 is 2.83 bits per heavy atom. The van der Waals surface area contributed by atoms with Crippen molar-refractivity contribution in [2.45, 2.75) is 25.5 Å². The summed E-state index contributed by atoms with van der Waals surface area (Å²) in [5.74, 6) is 0.785. The lowest BCUT2D eigenvalue weighted by Gasteiger charge is -2.51. The summed E-state index contributed by atoms with van der Waals surface area (Å²) in [6, 6.07) is 7.50. The third kappa shape index (κ3) is 2.14. The summed E-state index contributed by atoms with van der Waals surface area (Å²) in [7, 11) is 2.01. The fourth-order valence-electron chi connectivity index (χ4n) is 3.82. The molecule has 6 heteroatoms. The average Bonchev–Trinajstić information content (AvgIpc) is 2.56. The van der Waals surface area contributed by atoms with Gasteiger partial charge in [-0.2, -0.15) is 0 Å². The summed E-state index contributed by atoms with van der Waals surface area (Å²) >= 11 is 0. The maximum Gasteiger partial charge on any atom is 0.242 e. The highest BCUT2D eigenvalue weighted by molar-refractivity contribution is 6.03. The first-order chi connectivity index (χ1) is 11.5. The van der Waals surface area contributed by atoms with Gasteiger partial charge in [-0.05, 0) is 31.7 Å². The van der Waals surface area contributed by atoms with Gasteiger partial charge in [0.2, 0.25) is 5.91 Å². The van der Waals surface area contributed by atoms with Gasteiger partial charge >= 0.3 is 0 Å². The molecule has 3 heterocycles. The molecule has 1 aromatic carbocycles. The van der Waals surface area contributed by atoms with Gasteiger partial charge in [0.25, 0.3) is 0 Å². The van der Waals surface area contributed by atoms with Gasteiger partial charge in [-0.25, -0.2) is 9.97 Å². The van der Waals surface area contributed by atoms with Crippen LogP contribution in [0.5, 0.6) is 0 Å². The van der Waals surface area contributed by atoms with Gasteiger partial charge in [0.05, 0.1) is 18.8 Å². The number of likely N-dealkylation sites (N-methyl/N-ethyl adjacent to an activating group) is 1. The maximum absolute atomic E-state index is 13.3. The van der Waals surface area contributed by atoms with Crippen molar-refractivity contribution in [3.05, 3.63) is 53.1 Å². The van der Waals surface area contributed by atoms with Crippen molar-refractivity contribution in [2.75, 3.05) is 25.0 Å². The highest BCUT2D eigenvalue weighted by Gasteiger charge is 2.55. The lowest BCUT2D eigenvalue weighted by atomic mass is 9.71. The number of carbonyl (C=O) groups is 1. The zero-order chi connectivity index (χ0) is 16.9. The van der Waals surface area contributed by atoms with Crippen molar-refractivity contribution >= 4 is 11.6 Å². The van der Waals surface area contributed by atoms with E-state index < -0.39 is 5.41 Å². The third-order valence-corrected chi connectivity index (χ3v) is 4.91. The largest absolute Gasteiger partial charge is 0.392 e. The van der Waals surface area contributed by atoms with Crippen LogP contribution in [0.25, 0.3) is 0 Å². The minimum atomic E-state index is -0.578. The van der Waals surface area contributed by atoms with Crippen LogP contribution in [0.4, 0.5) is 5.69 Å². The number of likely N-dealkylation sites (tertiary alicyclic amines) is 1. The summed E-state index contributed by atoms with van der Waals surface area (Å²) in [6.45, 7) is 3.63.